The molecule has 0 amide bonds. The Labute approximate surface area is 125 Å². The van der Waals surface area contributed by atoms with Gasteiger partial charge in [-0.15, -0.1) is 0 Å². The van der Waals surface area contributed by atoms with Gasteiger partial charge in [0.05, 0.1) is 0 Å². The van der Waals surface area contributed by atoms with Crippen molar-refractivity contribution >= 4 is 0 Å². The first-order valence-corrected chi connectivity index (χ1v) is 8.61. The minimum Gasteiger partial charge on any atom is -0.324 e. The molecule has 0 heterocycles. The van der Waals surface area contributed by atoms with Crippen LogP contribution in [0.2, 0.25) is 0 Å². The van der Waals surface area contributed by atoms with E-state index in [-0.39, 0.29) is 6.04 Å². The van der Waals surface area contributed by atoms with Crippen molar-refractivity contribution in [1.82, 2.24) is 0 Å². The van der Waals surface area contributed by atoms with E-state index in [1.807, 2.05) is 0 Å². The lowest BCUT2D eigenvalue weighted by Gasteiger charge is -2.31. The highest BCUT2D eigenvalue weighted by Crippen LogP contribution is 2.36. The Morgan fingerprint density at radius 2 is 1.50 bits per heavy atom. The van der Waals surface area contributed by atoms with Crippen LogP contribution in [0, 0.1) is 5.92 Å². The molecule has 1 aromatic rings. The minimum absolute atomic E-state index is 0.256. The molecule has 1 fully saturated rings. The van der Waals surface area contributed by atoms with Crippen molar-refractivity contribution in [2.75, 3.05) is 0 Å². The second kappa shape index (κ2) is 7.26. The van der Waals surface area contributed by atoms with Gasteiger partial charge in [0.2, 0.25) is 0 Å². The smallest absolute Gasteiger partial charge is 0.0329 e. The average molecular weight is 273 g/mol. The summed E-state index contributed by atoms with van der Waals surface area (Å²) in [5, 5.41) is 0. The normalized spacial score (nSPS) is 18.2. The van der Waals surface area contributed by atoms with E-state index in [4.69, 9.17) is 5.73 Å². The summed E-state index contributed by atoms with van der Waals surface area (Å²) >= 11 is 0. The number of hydrogen-bond acceptors (Lipinski definition) is 1. The second-order valence-electron chi connectivity index (χ2n) is 6.31. The van der Waals surface area contributed by atoms with Crippen molar-refractivity contribution in [2.45, 2.75) is 78.2 Å². The fourth-order valence-corrected chi connectivity index (χ4v) is 3.80. The van der Waals surface area contributed by atoms with E-state index in [1.54, 1.807) is 0 Å². The quantitative estimate of drug-likeness (QED) is 0.806. The van der Waals surface area contributed by atoms with Crippen LogP contribution in [0.4, 0.5) is 0 Å². The fourth-order valence-electron chi connectivity index (χ4n) is 3.80. The van der Waals surface area contributed by atoms with Gasteiger partial charge in [-0.05, 0) is 60.3 Å². The van der Waals surface area contributed by atoms with Crippen molar-refractivity contribution in [3.63, 3.8) is 0 Å². The van der Waals surface area contributed by atoms with Crippen LogP contribution >= 0.6 is 0 Å². The Bertz CT molecular complexity index is 404. The Kier molecular flexibility index (Phi) is 5.65. The lowest BCUT2D eigenvalue weighted by molar-refractivity contribution is 0.306. The molecular formula is C19H31N. The third kappa shape index (κ3) is 3.25. The van der Waals surface area contributed by atoms with Gasteiger partial charge in [0, 0.05) is 6.04 Å². The van der Waals surface area contributed by atoms with Gasteiger partial charge < -0.3 is 5.73 Å². The molecule has 112 valence electrons. The number of benzene rings is 1. The zero-order chi connectivity index (χ0) is 14.5. The molecule has 2 rings (SSSR count). The largest absolute Gasteiger partial charge is 0.324 e. The van der Waals surface area contributed by atoms with Gasteiger partial charge in [-0.3, -0.25) is 0 Å². The van der Waals surface area contributed by atoms with Gasteiger partial charge in [-0.25, -0.2) is 0 Å². The van der Waals surface area contributed by atoms with E-state index in [0.29, 0.717) is 5.92 Å². The summed E-state index contributed by atoms with van der Waals surface area (Å²) in [6, 6.07) is 5.06. The Hall–Kier alpha value is -0.820. The summed E-state index contributed by atoms with van der Waals surface area (Å²) in [5.74, 6) is 0.701. The minimum atomic E-state index is 0.256. The highest BCUT2D eigenvalue weighted by molar-refractivity contribution is 5.42. The molecule has 1 aliphatic rings. The van der Waals surface area contributed by atoms with Crippen LogP contribution in [-0.2, 0) is 19.3 Å². The zero-order valence-electron chi connectivity index (χ0n) is 13.5. The molecular weight excluding hydrogens is 242 g/mol. The molecule has 1 aliphatic carbocycles. The number of hydrogen-bond donors (Lipinski definition) is 1. The van der Waals surface area contributed by atoms with Crippen molar-refractivity contribution < 1.29 is 0 Å². The first kappa shape index (κ1) is 15.6. The standard InChI is InChI=1S/C19H31N/c1-4-14-12-15(5-2)18(16(6-3)13-14)19(20)17-10-8-7-9-11-17/h12-13,17,19H,4-11,20H2,1-3H3. The van der Waals surface area contributed by atoms with Crippen LogP contribution in [0.5, 0.6) is 0 Å². The summed E-state index contributed by atoms with van der Waals surface area (Å²) in [4.78, 5) is 0. The van der Waals surface area contributed by atoms with Crippen LogP contribution in [-0.4, -0.2) is 0 Å². The molecule has 0 aliphatic heterocycles. The monoisotopic (exact) mass is 273 g/mol. The molecule has 1 saturated carbocycles. The van der Waals surface area contributed by atoms with Crippen LogP contribution in [0.1, 0.15) is 81.2 Å². The SMILES string of the molecule is CCc1cc(CC)c(C(N)C2CCCCC2)c(CC)c1. The van der Waals surface area contributed by atoms with E-state index in [2.05, 4.69) is 32.9 Å². The second-order valence-corrected chi connectivity index (χ2v) is 6.31. The van der Waals surface area contributed by atoms with E-state index in [0.717, 1.165) is 19.3 Å². The molecule has 0 saturated heterocycles. The zero-order valence-corrected chi connectivity index (χ0v) is 13.5. The predicted octanol–water partition coefficient (Wildman–Crippen LogP) is 4.95. The fraction of sp³-hybridized carbons (Fsp3) is 0.684. The Morgan fingerprint density at radius 3 is 1.95 bits per heavy atom. The van der Waals surface area contributed by atoms with Crippen LogP contribution in [0.3, 0.4) is 0 Å². The van der Waals surface area contributed by atoms with Crippen LogP contribution in [0.15, 0.2) is 12.1 Å². The summed E-state index contributed by atoms with van der Waals surface area (Å²) in [7, 11) is 0. The van der Waals surface area contributed by atoms with E-state index in [1.165, 1.54) is 54.4 Å². The topological polar surface area (TPSA) is 26.0 Å². The Balaban J connectivity index is 2.36. The predicted molar refractivity (Wildman–Crippen MR) is 88.1 cm³/mol. The van der Waals surface area contributed by atoms with Crippen LogP contribution in [0.25, 0.3) is 0 Å². The first-order chi connectivity index (χ1) is 9.71. The number of rotatable bonds is 5. The van der Waals surface area contributed by atoms with Gasteiger partial charge in [0.25, 0.3) is 0 Å². The van der Waals surface area contributed by atoms with E-state index < -0.39 is 0 Å². The Morgan fingerprint density at radius 1 is 0.950 bits per heavy atom. The molecule has 1 heteroatoms. The molecule has 20 heavy (non-hydrogen) atoms. The van der Waals surface area contributed by atoms with Gasteiger partial charge in [0.1, 0.15) is 0 Å². The molecule has 1 nitrogen and oxygen atoms in total. The molecule has 0 aromatic heterocycles. The maximum Gasteiger partial charge on any atom is 0.0329 e. The molecule has 0 radical (unpaired) electrons. The highest BCUT2D eigenvalue weighted by atomic mass is 14.7. The lowest BCUT2D eigenvalue weighted by Crippen LogP contribution is -2.26. The van der Waals surface area contributed by atoms with Crippen molar-refractivity contribution in [3.05, 3.63) is 34.4 Å². The third-order valence-electron chi connectivity index (χ3n) is 5.07. The molecule has 0 spiro atoms. The molecule has 1 atom stereocenters. The summed E-state index contributed by atoms with van der Waals surface area (Å²) in [6.45, 7) is 6.78. The number of nitrogens with two attached hydrogens (primary N) is 1. The summed E-state index contributed by atoms with van der Waals surface area (Å²) < 4.78 is 0. The molecule has 1 aromatic carbocycles. The third-order valence-corrected chi connectivity index (χ3v) is 5.07. The van der Waals surface area contributed by atoms with Crippen LogP contribution < -0.4 is 5.73 Å². The van der Waals surface area contributed by atoms with Crippen molar-refractivity contribution in [3.8, 4) is 0 Å². The lowest BCUT2D eigenvalue weighted by atomic mass is 9.78. The van der Waals surface area contributed by atoms with Crippen molar-refractivity contribution in [2.24, 2.45) is 11.7 Å². The van der Waals surface area contributed by atoms with Gasteiger partial charge in [0.15, 0.2) is 0 Å². The van der Waals surface area contributed by atoms with E-state index >= 15 is 0 Å². The number of aryl methyl sites for hydroxylation is 3. The van der Waals surface area contributed by atoms with E-state index in [9.17, 15) is 0 Å². The average Bonchev–Trinajstić information content (AvgIpc) is 2.53. The summed E-state index contributed by atoms with van der Waals surface area (Å²) in [6.07, 6.45) is 10.1. The molecule has 1 unspecified atom stereocenters. The highest BCUT2D eigenvalue weighted by Gasteiger charge is 2.25. The maximum atomic E-state index is 6.71. The molecule has 2 N–H and O–H groups in total. The van der Waals surface area contributed by atoms with Gasteiger partial charge in [-0.2, -0.15) is 0 Å². The summed E-state index contributed by atoms with van der Waals surface area (Å²) in [5.41, 5.74) is 12.7. The molecule has 0 bridgehead atoms. The first-order valence-electron chi connectivity index (χ1n) is 8.61. The van der Waals surface area contributed by atoms with Gasteiger partial charge in [-0.1, -0.05) is 52.2 Å². The van der Waals surface area contributed by atoms with Crippen molar-refractivity contribution in [1.29, 1.82) is 0 Å². The maximum absolute atomic E-state index is 6.71. The van der Waals surface area contributed by atoms with Gasteiger partial charge >= 0.3 is 0 Å².